The smallest absolute Gasteiger partial charge is 0.193 e. The van der Waals surface area contributed by atoms with E-state index < -0.39 is 0 Å². The van der Waals surface area contributed by atoms with E-state index >= 15 is 0 Å². The lowest BCUT2D eigenvalue weighted by atomic mass is 10.0. The molecule has 3 rings (SSSR count). The first-order chi connectivity index (χ1) is 14.5. The number of aliphatic imine (C=N–C) groups is 1. The van der Waals surface area contributed by atoms with Gasteiger partial charge in [-0.2, -0.15) is 5.10 Å². The van der Waals surface area contributed by atoms with E-state index in [-0.39, 0.29) is 24.0 Å². The molecule has 0 bridgehead atoms. The lowest BCUT2D eigenvalue weighted by Crippen LogP contribution is -2.40. The van der Waals surface area contributed by atoms with Gasteiger partial charge in [0.15, 0.2) is 5.96 Å². The predicted molar refractivity (Wildman–Crippen MR) is 138 cm³/mol. The summed E-state index contributed by atoms with van der Waals surface area (Å²) in [6.07, 6.45) is 7.35. The molecule has 0 radical (unpaired) electrons. The van der Waals surface area contributed by atoms with Crippen molar-refractivity contribution in [2.75, 3.05) is 32.8 Å². The Labute approximate surface area is 204 Å². The molecule has 0 spiro atoms. The molecule has 6 nitrogen and oxygen atoms in total. The van der Waals surface area contributed by atoms with Crippen LogP contribution in [0.15, 0.2) is 41.7 Å². The third kappa shape index (κ3) is 8.35. The molecule has 1 fully saturated rings. The maximum Gasteiger partial charge on any atom is 0.193 e. The van der Waals surface area contributed by atoms with Crippen LogP contribution in [0.3, 0.4) is 0 Å². The number of benzene rings is 1. The first-order valence-corrected chi connectivity index (χ1v) is 11.3. The Bertz CT molecular complexity index is 803. The second-order valence-electron chi connectivity index (χ2n) is 8.66. The average molecular weight is 540 g/mol. The van der Waals surface area contributed by atoms with Crippen molar-refractivity contribution in [1.29, 1.82) is 0 Å². The predicted octanol–water partition coefficient (Wildman–Crippen LogP) is 4.15. The third-order valence-electron chi connectivity index (χ3n) is 5.37. The highest BCUT2D eigenvalue weighted by Crippen LogP contribution is 2.21. The molecule has 1 unspecified atom stereocenters. The van der Waals surface area contributed by atoms with Gasteiger partial charge in [0.25, 0.3) is 0 Å². The van der Waals surface area contributed by atoms with Crippen LogP contribution in [0.25, 0.3) is 0 Å². The number of nitrogens with one attached hydrogen (secondary N) is 1. The summed E-state index contributed by atoms with van der Waals surface area (Å²) < 4.78 is 7.65. The van der Waals surface area contributed by atoms with Gasteiger partial charge < -0.3 is 15.0 Å². The molecule has 1 atom stereocenters. The van der Waals surface area contributed by atoms with E-state index in [0.29, 0.717) is 11.8 Å². The van der Waals surface area contributed by atoms with Gasteiger partial charge in [0, 0.05) is 39.4 Å². The molecule has 0 aliphatic carbocycles. The Morgan fingerprint density at radius 1 is 1.26 bits per heavy atom. The summed E-state index contributed by atoms with van der Waals surface area (Å²) in [7, 11) is 1.98. The fourth-order valence-corrected chi connectivity index (χ4v) is 3.83. The van der Waals surface area contributed by atoms with Crippen LogP contribution in [0.5, 0.6) is 5.75 Å². The molecule has 1 aromatic carbocycles. The monoisotopic (exact) mass is 539 g/mol. The molecule has 1 aliphatic rings. The molecule has 1 saturated heterocycles. The SMILES string of the molecule is CCNC(=NCCc1ccc(OCC(C)C)cc1)N1CCC(Cc2cnn(C)c2)C1.I. The molecular weight excluding hydrogens is 501 g/mol. The van der Waals surface area contributed by atoms with Crippen LogP contribution >= 0.6 is 24.0 Å². The molecule has 0 saturated carbocycles. The van der Waals surface area contributed by atoms with Crippen LogP contribution in [0.4, 0.5) is 0 Å². The Hall–Kier alpha value is -1.77. The highest BCUT2D eigenvalue weighted by Gasteiger charge is 2.25. The third-order valence-corrected chi connectivity index (χ3v) is 5.37. The van der Waals surface area contributed by atoms with Crippen molar-refractivity contribution in [3.8, 4) is 5.75 Å². The standard InChI is InChI=1S/C24H37N5O.HI/c1-5-25-24(29-13-11-21(17-29)14-22-15-27-28(4)16-22)26-12-10-20-6-8-23(9-7-20)30-18-19(2)3;/h6-9,15-16,19,21H,5,10-14,17-18H2,1-4H3,(H,25,26);1H. The molecule has 2 heterocycles. The Balaban J connectivity index is 0.00000341. The number of nitrogens with zero attached hydrogens (tertiary/aromatic N) is 4. The molecule has 172 valence electrons. The normalized spacial score (nSPS) is 16.5. The van der Waals surface area contributed by atoms with E-state index in [9.17, 15) is 0 Å². The minimum absolute atomic E-state index is 0. The first-order valence-electron chi connectivity index (χ1n) is 11.3. The fraction of sp³-hybridized carbons (Fsp3) is 0.583. The number of halogens is 1. The van der Waals surface area contributed by atoms with E-state index in [1.165, 1.54) is 17.5 Å². The van der Waals surface area contributed by atoms with Gasteiger partial charge in [-0.1, -0.05) is 26.0 Å². The molecule has 2 aromatic rings. The summed E-state index contributed by atoms with van der Waals surface area (Å²) in [5, 5.41) is 7.77. The van der Waals surface area contributed by atoms with E-state index in [1.807, 2.05) is 17.9 Å². The van der Waals surface area contributed by atoms with Crippen molar-refractivity contribution in [3.05, 3.63) is 47.8 Å². The molecule has 1 N–H and O–H groups in total. The van der Waals surface area contributed by atoms with Crippen molar-refractivity contribution in [1.82, 2.24) is 20.0 Å². The van der Waals surface area contributed by atoms with Gasteiger partial charge in [0.2, 0.25) is 0 Å². The zero-order chi connectivity index (χ0) is 21.3. The number of guanidine groups is 1. The van der Waals surface area contributed by atoms with Crippen LogP contribution in [-0.2, 0) is 19.9 Å². The van der Waals surface area contributed by atoms with Gasteiger partial charge in [-0.05, 0) is 61.3 Å². The van der Waals surface area contributed by atoms with Crippen LogP contribution in [0, 0.1) is 11.8 Å². The number of likely N-dealkylation sites (tertiary alicyclic amines) is 1. The Morgan fingerprint density at radius 2 is 2.03 bits per heavy atom. The molecule has 7 heteroatoms. The highest BCUT2D eigenvalue weighted by molar-refractivity contribution is 14.0. The van der Waals surface area contributed by atoms with Gasteiger partial charge in [0.05, 0.1) is 12.8 Å². The van der Waals surface area contributed by atoms with E-state index in [4.69, 9.17) is 9.73 Å². The van der Waals surface area contributed by atoms with Crippen molar-refractivity contribution in [2.24, 2.45) is 23.9 Å². The zero-order valence-corrected chi connectivity index (χ0v) is 21.7. The quantitative estimate of drug-likeness (QED) is 0.296. The topological polar surface area (TPSA) is 54.7 Å². The van der Waals surface area contributed by atoms with Gasteiger partial charge in [-0.3, -0.25) is 9.67 Å². The lowest BCUT2D eigenvalue weighted by molar-refractivity contribution is 0.271. The van der Waals surface area contributed by atoms with Crippen LogP contribution in [-0.4, -0.2) is 53.4 Å². The average Bonchev–Trinajstić information content (AvgIpc) is 3.36. The number of hydrogen-bond acceptors (Lipinski definition) is 3. The number of hydrogen-bond donors (Lipinski definition) is 1. The summed E-state index contributed by atoms with van der Waals surface area (Å²) in [6.45, 7) is 11.0. The summed E-state index contributed by atoms with van der Waals surface area (Å²) >= 11 is 0. The van der Waals surface area contributed by atoms with Crippen molar-refractivity contribution >= 4 is 29.9 Å². The Kier molecular flexibility index (Phi) is 10.6. The maximum atomic E-state index is 5.77. The largest absolute Gasteiger partial charge is 0.493 e. The number of ether oxygens (including phenoxy) is 1. The minimum Gasteiger partial charge on any atom is -0.493 e. The number of rotatable bonds is 9. The molecule has 1 aromatic heterocycles. The maximum absolute atomic E-state index is 5.77. The van der Waals surface area contributed by atoms with Crippen molar-refractivity contribution in [3.63, 3.8) is 0 Å². The molecular formula is C24H38IN5O. The van der Waals surface area contributed by atoms with Gasteiger partial charge in [0.1, 0.15) is 5.75 Å². The van der Waals surface area contributed by atoms with Crippen LogP contribution in [0.2, 0.25) is 0 Å². The summed E-state index contributed by atoms with van der Waals surface area (Å²) in [5.74, 6) is 3.19. The molecule has 1 aliphatic heterocycles. The lowest BCUT2D eigenvalue weighted by Gasteiger charge is -2.21. The first kappa shape index (κ1) is 25.5. The second-order valence-corrected chi connectivity index (χ2v) is 8.66. The van der Waals surface area contributed by atoms with Crippen molar-refractivity contribution < 1.29 is 4.74 Å². The summed E-state index contributed by atoms with van der Waals surface area (Å²) in [4.78, 5) is 7.31. The number of aromatic nitrogens is 2. The van der Waals surface area contributed by atoms with E-state index in [2.05, 4.69) is 66.5 Å². The fourth-order valence-electron chi connectivity index (χ4n) is 3.83. The van der Waals surface area contributed by atoms with Crippen LogP contribution < -0.4 is 10.1 Å². The van der Waals surface area contributed by atoms with Gasteiger partial charge in [-0.15, -0.1) is 24.0 Å². The summed E-state index contributed by atoms with van der Waals surface area (Å²) in [5.41, 5.74) is 2.62. The second kappa shape index (κ2) is 12.9. The van der Waals surface area contributed by atoms with Gasteiger partial charge in [-0.25, -0.2) is 0 Å². The van der Waals surface area contributed by atoms with E-state index in [1.54, 1.807) is 0 Å². The van der Waals surface area contributed by atoms with Crippen molar-refractivity contribution in [2.45, 2.75) is 40.0 Å². The van der Waals surface area contributed by atoms with Crippen LogP contribution in [0.1, 0.15) is 38.3 Å². The highest BCUT2D eigenvalue weighted by atomic mass is 127. The minimum atomic E-state index is 0. The van der Waals surface area contributed by atoms with Gasteiger partial charge >= 0.3 is 0 Å². The van der Waals surface area contributed by atoms with E-state index in [0.717, 1.165) is 57.3 Å². The molecule has 0 amide bonds. The number of aryl methyl sites for hydroxylation is 1. The Morgan fingerprint density at radius 3 is 2.68 bits per heavy atom. The molecule has 31 heavy (non-hydrogen) atoms. The summed E-state index contributed by atoms with van der Waals surface area (Å²) in [6, 6.07) is 8.43. The zero-order valence-electron chi connectivity index (χ0n) is 19.4.